The molecule has 1 saturated carbocycles. The zero-order valence-electron chi connectivity index (χ0n) is 10.8. The molecule has 1 N–H and O–H groups in total. The maximum atomic E-state index is 11.4. The maximum absolute atomic E-state index is 11.4. The molecule has 0 atom stereocenters. The van der Waals surface area contributed by atoms with Gasteiger partial charge in [-0.05, 0) is 32.6 Å². The number of carbonyl (C=O) groups is 1. The molecule has 0 spiro atoms. The minimum Gasteiger partial charge on any atom is -0.469 e. The summed E-state index contributed by atoms with van der Waals surface area (Å²) in [6.45, 7) is 1.94. The zero-order valence-corrected chi connectivity index (χ0v) is 10.8. The highest BCUT2D eigenvalue weighted by atomic mass is 16.5. The number of esters is 1. The first-order valence-electron chi connectivity index (χ1n) is 6.32. The lowest BCUT2D eigenvalue weighted by molar-refractivity contribution is -0.146. The molecular formula is C13H19N3O2. The van der Waals surface area contributed by atoms with Crippen molar-refractivity contribution in [3.8, 4) is 0 Å². The number of hydrogen-bond acceptors (Lipinski definition) is 5. The molecule has 5 heteroatoms. The van der Waals surface area contributed by atoms with E-state index in [1.807, 2.05) is 6.92 Å². The summed E-state index contributed by atoms with van der Waals surface area (Å²) >= 11 is 0. The van der Waals surface area contributed by atoms with E-state index in [0.717, 1.165) is 37.2 Å². The highest BCUT2D eigenvalue weighted by molar-refractivity contribution is 5.72. The van der Waals surface area contributed by atoms with Crippen molar-refractivity contribution in [1.82, 2.24) is 9.97 Å². The Balaban J connectivity index is 1.87. The summed E-state index contributed by atoms with van der Waals surface area (Å²) in [6, 6.07) is 0.376. The molecule has 18 heavy (non-hydrogen) atoms. The first-order valence-corrected chi connectivity index (χ1v) is 6.32. The Bertz CT molecular complexity index is 414. The number of aryl methyl sites for hydroxylation is 1. The van der Waals surface area contributed by atoms with Crippen LogP contribution in [0.4, 0.5) is 5.82 Å². The van der Waals surface area contributed by atoms with E-state index in [1.54, 1.807) is 12.4 Å². The molecule has 5 nitrogen and oxygen atoms in total. The van der Waals surface area contributed by atoms with Crippen molar-refractivity contribution in [3.63, 3.8) is 0 Å². The van der Waals surface area contributed by atoms with Crippen molar-refractivity contribution >= 4 is 11.8 Å². The number of ether oxygens (including phenoxy) is 1. The number of nitrogens with zero attached hydrogens (tertiary/aromatic N) is 2. The quantitative estimate of drug-likeness (QED) is 0.829. The Hall–Kier alpha value is -1.65. The summed E-state index contributed by atoms with van der Waals surface area (Å²) in [7, 11) is 1.45. The first-order chi connectivity index (χ1) is 8.70. The van der Waals surface area contributed by atoms with Gasteiger partial charge in [-0.3, -0.25) is 9.78 Å². The molecule has 0 aromatic carbocycles. The number of aromatic nitrogens is 2. The van der Waals surface area contributed by atoms with E-state index in [-0.39, 0.29) is 11.9 Å². The second kappa shape index (κ2) is 5.80. The highest BCUT2D eigenvalue weighted by Crippen LogP contribution is 2.27. The molecule has 1 heterocycles. The van der Waals surface area contributed by atoms with Crippen LogP contribution in [0.1, 0.15) is 31.4 Å². The molecule has 0 unspecified atom stereocenters. The van der Waals surface area contributed by atoms with Gasteiger partial charge in [-0.25, -0.2) is 4.98 Å². The smallest absolute Gasteiger partial charge is 0.308 e. The third-order valence-electron chi connectivity index (χ3n) is 3.48. The van der Waals surface area contributed by atoms with E-state index in [0.29, 0.717) is 6.04 Å². The summed E-state index contributed by atoms with van der Waals surface area (Å²) in [5.74, 6) is 0.833. The topological polar surface area (TPSA) is 64.1 Å². The Morgan fingerprint density at radius 2 is 1.94 bits per heavy atom. The van der Waals surface area contributed by atoms with Crippen LogP contribution in [-0.2, 0) is 9.53 Å². The van der Waals surface area contributed by atoms with Crippen LogP contribution in [0.3, 0.4) is 0 Å². The molecule has 1 aromatic heterocycles. The summed E-state index contributed by atoms with van der Waals surface area (Å²) < 4.78 is 4.78. The van der Waals surface area contributed by atoms with Gasteiger partial charge in [-0.15, -0.1) is 0 Å². The van der Waals surface area contributed by atoms with E-state index in [2.05, 4.69) is 15.3 Å². The van der Waals surface area contributed by atoms with Crippen molar-refractivity contribution in [2.45, 2.75) is 38.6 Å². The number of nitrogens with one attached hydrogen (secondary N) is 1. The minimum atomic E-state index is -0.0795. The second-order valence-corrected chi connectivity index (χ2v) is 4.71. The van der Waals surface area contributed by atoms with Crippen molar-refractivity contribution < 1.29 is 9.53 Å². The van der Waals surface area contributed by atoms with Crippen LogP contribution in [0.2, 0.25) is 0 Å². The van der Waals surface area contributed by atoms with Crippen LogP contribution in [0, 0.1) is 12.8 Å². The van der Waals surface area contributed by atoms with Gasteiger partial charge in [-0.2, -0.15) is 0 Å². The molecule has 2 rings (SSSR count). The number of hydrogen-bond donors (Lipinski definition) is 1. The van der Waals surface area contributed by atoms with Gasteiger partial charge in [-0.1, -0.05) is 0 Å². The highest BCUT2D eigenvalue weighted by Gasteiger charge is 2.27. The van der Waals surface area contributed by atoms with Crippen molar-refractivity contribution in [2.24, 2.45) is 5.92 Å². The van der Waals surface area contributed by atoms with Crippen LogP contribution in [-0.4, -0.2) is 29.1 Å². The van der Waals surface area contributed by atoms with E-state index in [1.165, 1.54) is 7.11 Å². The number of carbonyl (C=O) groups excluding carboxylic acids is 1. The molecule has 1 aliphatic rings. The molecule has 0 aliphatic heterocycles. The lowest BCUT2D eigenvalue weighted by Crippen LogP contribution is -2.30. The van der Waals surface area contributed by atoms with Gasteiger partial charge in [0.05, 0.1) is 18.7 Å². The van der Waals surface area contributed by atoms with Crippen molar-refractivity contribution in [2.75, 3.05) is 12.4 Å². The van der Waals surface area contributed by atoms with E-state index >= 15 is 0 Å². The zero-order chi connectivity index (χ0) is 13.0. The Labute approximate surface area is 107 Å². The van der Waals surface area contributed by atoms with Gasteiger partial charge in [0.2, 0.25) is 0 Å². The molecule has 0 amide bonds. The lowest BCUT2D eigenvalue weighted by Gasteiger charge is -2.28. The average Bonchev–Trinajstić information content (AvgIpc) is 2.41. The Kier molecular flexibility index (Phi) is 4.12. The summed E-state index contributed by atoms with van der Waals surface area (Å²) in [5.41, 5.74) is 0.910. The molecule has 1 fully saturated rings. The van der Waals surface area contributed by atoms with Crippen LogP contribution in [0.5, 0.6) is 0 Å². The van der Waals surface area contributed by atoms with E-state index < -0.39 is 0 Å². The second-order valence-electron chi connectivity index (χ2n) is 4.71. The molecule has 98 valence electrons. The van der Waals surface area contributed by atoms with Crippen LogP contribution < -0.4 is 5.32 Å². The monoisotopic (exact) mass is 249 g/mol. The fraction of sp³-hybridized carbons (Fsp3) is 0.615. The molecule has 1 aromatic rings. The fourth-order valence-electron chi connectivity index (χ4n) is 2.38. The van der Waals surface area contributed by atoms with E-state index in [4.69, 9.17) is 4.74 Å². The number of methoxy groups -OCH3 is 1. The Morgan fingerprint density at radius 1 is 1.28 bits per heavy atom. The van der Waals surface area contributed by atoms with Gasteiger partial charge in [0.15, 0.2) is 0 Å². The van der Waals surface area contributed by atoms with Crippen molar-refractivity contribution in [3.05, 3.63) is 18.1 Å². The molecule has 0 bridgehead atoms. The normalized spacial score (nSPS) is 23.4. The van der Waals surface area contributed by atoms with Gasteiger partial charge in [0, 0.05) is 18.4 Å². The van der Waals surface area contributed by atoms with Crippen molar-refractivity contribution in [1.29, 1.82) is 0 Å². The lowest BCUT2D eigenvalue weighted by atomic mass is 9.86. The number of rotatable bonds is 3. The predicted octanol–water partition coefficient (Wildman–Crippen LogP) is 1.93. The van der Waals surface area contributed by atoms with Gasteiger partial charge in [0.1, 0.15) is 5.82 Å². The first kappa shape index (κ1) is 12.8. The third-order valence-corrected chi connectivity index (χ3v) is 3.48. The predicted molar refractivity (Wildman–Crippen MR) is 68.2 cm³/mol. The molecule has 0 saturated heterocycles. The SMILES string of the molecule is COC(=O)C1CCC(Nc2nccnc2C)CC1. The third kappa shape index (κ3) is 2.97. The van der Waals surface area contributed by atoms with Gasteiger partial charge >= 0.3 is 5.97 Å². The minimum absolute atomic E-state index is 0.0657. The molecule has 0 radical (unpaired) electrons. The average molecular weight is 249 g/mol. The van der Waals surface area contributed by atoms with Gasteiger partial charge < -0.3 is 10.1 Å². The summed E-state index contributed by atoms with van der Waals surface area (Å²) in [5, 5.41) is 3.40. The molecule has 1 aliphatic carbocycles. The Morgan fingerprint density at radius 3 is 2.56 bits per heavy atom. The summed E-state index contributed by atoms with van der Waals surface area (Å²) in [4.78, 5) is 19.9. The summed E-state index contributed by atoms with van der Waals surface area (Å²) in [6.07, 6.45) is 7.07. The molecular weight excluding hydrogens is 230 g/mol. The standard InChI is InChI=1S/C13H19N3O2/c1-9-12(15-8-7-14-9)16-11-5-3-10(4-6-11)13(17)18-2/h7-8,10-11H,3-6H2,1-2H3,(H,15,16). The maximum Gasteiger partial charge on any atom is 0.308 e. The van der Waals surface area contributed by atoms with Crippen LogP contribution >= 0.6 is 0 Å². The largest absolute Gasteiger partial charge is 0.469 e. The van der Waals surface area contributed by atoms with Crippen LogP contribution in [0.25, 0.3) is 0 Å². The number of anilines is 1. The van der Waals surface area contributed by atoms with Crippen LogP contribution in [0.15, 0.2) is 12.4 Å². The van der Waals surface area contributed by atoms with E-state index in [9.17, 15) is 4.79 Å². The fourth-order valence-corrected chi connectivity index (χ4v) is 2.38. The van der Waals surface area contributed by atoms with Gasteiger partial charge in [0.25, 0.3) is 0 Å².